The number of aromatic nitrogens is 1. The van der Waals surface area contributed by atoms with E-state index in [4.69, 9.17) is 9.84 Å². The van der Waals surface area contributed by atoms with E-state index >= 15 is 0 Å². The topological polar surface area (TPSA) is 59.4 Å². The minimum absolute atomic E-state index is 0.0233. The van der Waals surface area contributed by atoms with Crippen molar-refractivity contribution in [2.75, 3.05) is 5.75 Å². The van der Waals surface area contributed by atoms with Gasteiger partial charge in [-0.2, -0.15) is 13.2 Å². The number of aliphatic carboxylic acids is 1. The van der Waals surface area contributed by atoms with Gasteiger partial charge >= 0.3 is 12.1 Å². The molecule has 1 atom stereocenters. The molecule has 0 aliphatic carbocycles. The van der Waals surface area contributed by atoms with Crippen LogP contribution in [0.25, 0.3) is 23.1 Å². The first kappa shape index (κ1) is 26.7. The Morgan fingerprint density at radius 1 is 1.03 bits per heavy atom. The summed E-state index contributed by atoms with van der Waals surface area (Å²) in [5, 5.41) is 8.97. The summed E-state index contributed by atoms with van der Waals surface area (Å²) in [6, 6.07) is 14.6. The maximum atomic E-state index is 13.8. The van der Waals surface area contributed by atoms with E-state index in [0.29, 0.717) is 39.0 Å². The van der Waals surface area contributed by atoms with Crippen molar-refractivity contribution >= 4 is 40.8 Å². The van der Waals surface area contributed by atoms with Crippen molar-refractivity contribution in [3.8, 4) is 5.75 Å². The Bertz CT molecular complexity index is 1600. The molecule has 0 fully saturated rings. The number of rotatable bonds is 6. The van der Waals surface area contributed by atoms with Gasteiger partial charge in [0.2, 0.25) is 0 Å². The lowest BCUT2D eigenvalue weighted by molar-refractivity contribution is -0.138. The van der Waals surface area contributed by atoms with E-state index in [1.807, 2.05) is 0 Å². The standard InChI is InChI=1S/C29H20F5NO3S/c30-23-13-17-6-8-18(35-25(17)14-24(23)31)7-4-16-5-9-26-20(12-16)28(39-11-10-27(36)37)19-2-1-3-22(29(32,33)34)21(19)15-38-26/h1-9,12-14,28H,10-11,15H2,(H,36,37). The molecule has 0 radical (unpaired) electrons. The van der Waals surface area contributed by atoms with Crippen LogP contribution in [0.2, 0.25) is 0 Å². The van der Waals surface area contributed by atoms with Crippen LogP contribution in [0.3, 0.4) is 0 Å². The van der Waals surface area contributed by atoms with Crippen LogP contribution in [-0.4, -0.2) is 21.8 Å². The molecule has 0 saturated carbocycles. The number of ether oxygens (including phenoxy) is 1. The minimum atomic E-state index is -4.57. The third kappa shape index (κ3) is 5.75. The summed E-state index contributed by atoms with van der Waals surface area (Å²) < 4.78 is 74.3. The number of carboxylic acids is 1. The minimum Gasteiger partial charge on any atom is -0.489 e. The van der Waals surface area contributed by atoms with Crippen LogP contribution in [0.4, 0.5) is 22.0 Å². The SMILES string of the molecule is O=C(O)CCSC1c2cc(C=Cc3ccc4cc(F)c(F)cc4n3)ccc2OCc2c1cccc2C(F)(F)F. The number of nitrogens with zero attached hydrogens (tertiary/aromatic N) is 1. The number of carboxylic acid groups (broad SMARTS) is 1. The smallest absolute Gasteiger partial charge is 0.416 e. The highest BCUT2D eigenvalue weighted by atomic mass is 32.2. The van der Waals surface area contributed by atoms with Gasteiger partial charge in [0, 0.05) is 28.3 Å². The van der Waals surface area contributed by atoms with E-state index in [1.54, 1.807) is 48.6 Å². The van der Waals surface area contributed by atoms with E-state index < -0.39 is 34.6 Å². The molecule has 1 aliphatic heterocycles. The van der Waals surface area contributed by atoms with Gasteiger partial charge in [-0.25, -0.2) is 13.8 Å². The van der Waals surface area contributed by atoms with Crippen molar-refractivity contribution in [2.45, 2.75) is 24.5 Å². The van der Waals surface area contributed by atoms with E-state index in [0.717, 1.165) is 18.2 Å². The number of fused-ring (bicyclic) bond motifs is 3. The zero-order valence-electron chi connectivity index (χ0n) is 20.1. The number of halogens is 5. The lowest BCUT2D eigenvalue weighted by Crippen LogP contribution is -2.13. The van der Waals surface area contributed by atoms with Crippen LogP contribution in [0.15, 0.2) is 60.7 Å². The van der Waals surface area contributed by atoms with Gasteiger partial charge in [0.1, 0.15) is 12.4 Å². The molecular formula is C29H20F5NO3S. The van der Waals surface area contributed by atoms with Crippen LogP contribution in [-0.2, 0) is 17.6 Å². The highest BCUT2D eigenvalue weighted by Crippen LogP contribution is 2.47. The van der Waals surface area contributed by atoms with Crippen LogP contribution in [0.1, 0.15) is 45.2 Å². The van der Waals surface area contributed by atoms with Gasteiger partial charge in [-0.1, -0.05) is 30.3 Å². The molecule has 1 aliphatic rings. The van der Waals surface area contributed by atoms with Crippen LogP contribution in [0, 0.1) is 11.6 Å². The fraction of sp³-hybridized carbons (Fsp3) is 0.172. The second kappa shape index (κ2) is 10.7. The van der Waals surface area contributed by atoms with Crippen molar-refractivity contribution in [3.05, 3.63) is 106 Å². The van der Waals surface area contributed by atoms with Crippen LogP contribution < -0.4 is 4.74 Å². The second-order valence-electron chi connectivity index (χ2n) is 8.88. The number of thioether (sulfide) groups is 1. The molecule has 3 aromatic carbocycles. The summed E-state index contributed by atoms with van der Waals surface area (Å²) in [7, 11) is 0. The molecule has 1 aromatic heterocycles. The lowest BCUT2D eigenvalue weighted by atomic mass is 9.95. The third-order valence-corrected chi connectivity index (χ3v) is 7.57. The molecule has 200 valence electrons. The normalized spacial score (nSPS) is 15.1. The maximum absolute atomic E-state index is 13.8. The predicted molar refractivity (Wildman–Crippen MR) is 139 cm³/mol. The van der Waals surface area contributed by atoms with Gasteiger partial charge in [-0.3, -0.25) is 4.79 Å². The Morgan fingerprint density at radius 3 is 2.59 bits per heavy atom. The van der Waals surface area contributed by atoms with Crippen molar-refractivity contribution in [2.24, 2.45) is 0 Å². The number of carbonyl (C=O) groups is 1. The van der Waals surface area contributed by atoms with Gasteiger partial charge < -0.3 is 9.84 Å². The first-order valence-electron chi connectivity index (χ1n) is 11.8. The monoisotopic (exact) mass is 557 g/mol. The lowest BCUT2D eigenvalue weighted by Gasteiger charge is -2.21. The van der Waals surface area contributed by atoms with Gasteiger partial charge in [-0.05, 0) is 47.5 Å². The highest BCUT2D eigenvalue weighted by molar-refractivity contribution is 7.99. The summed E-state index contributed by atoms with van der Waals surface area (Å²) in [5.41, 5.74) is 1.76. The van der Waals surface area contributed by atoms with E-state index in [2.05, 4.69) is 4.98 Å². The molecule has 0 bridgehead atoms. The van der Waals surface area contributed by atoms with Crippen LogP contribution in [0.5, 0.6) is 5.75 Å². The Balaban J connectivity index is 1.52. The number of alkyl halides is 3. The summed E-state index contributed by atoms with van der Waals surface area (Å²) in [4.78, 5) is 15.5. The molecule has 4 nitrogen and oxygen atoms in total. The Labute approximate surface area is 224 Å². The van der Waals surface area contributed by atoms with Gasteiger partial charge in [0.05, 0.1) is 28.4 Å². The average molecular weight is 558 g/mol. The molecule has 39 heavy (non-hydrogen) atoms. The van der Waals surface area contributed by atoms with Gasteiger partial charge in [0.25, 0.3) is 0 Å². The number of hydrogen-bond donors (Lipinski definition) is 1. The van der Waals surface area contributed by atoms with Crippen molar-refractivity contribution in [1.82, 2.24) is 4.98 Å². The van der Waals surface area contributed by atoms with Crippen molar-refractivity contribution in [3.63, 3.8) is 0 Å². The zero-order valence-corrected chi connectivity index (χ0v) is 21.0. The summed E-state index contributed by atoms with van der Waals surface area (Å²) >= 11 is 1.24. The van der Waals surface area contributed by atoms with E-state index in [1.165, 1.54) is 17.8 Å². The largest absolute Gasteiger partial charge is 0.489 e. The summed E-state index contributed by atoms with van der Waals surface area (Å²) in [6.45, 7) is -0.276. The quantitative estimate of drug-likeness (QED) is 0.244. The molecule has 0 amide bonds. The van der Waals surface area contributed by atoms with E-state index in [9.17, 15) is 26.7 Å². The van der Waals surface area contributed by atoms with Crippen LogP contribution >= 0.6 is 11.8 Å². The second-order valence-corrected chi connectivity index (χ2v) is 10.1. The molecule has 1 unspecified atom stereocenters. The molecule has 5 rings (SSSR count). The first-order chi connectivity index (χ1) is 18.6. The van der Waals surface area contributed by atoms with E-state index in [-0.39, 0.29) is 24.3 Å². The van der Waals surface area contributed by atoms with Gasteiger partial charge in [-0.15, -0.1) is 11.8 Å². The fourth-order valence-corrected chi connectivity index (χ4v) is 5.75. The molecule has 0 saturated heterocycles. The molecule has 0 spiro atoms. The maximum Gasteiger partial charge on any atom is 0.416 e. The van der Waals surface area contributed by atoms with Gasteiger partial charge in [0.15, 0.2) is 11.6 Å². The molecule has 2 heterocycles. The Morgan fingerprint density at radius 2 is 1.82 bits per heavy atom. The predicted octanol–water partition coefficient (Wildman–Crippen LogP) is 7.89. The number of hydrogen-bond acceptors (Lipinski definition) is 4. The third-order valence-electron chi connectivity index (χ3n) is 6.29. The molecule has 1 N–H and O–H groups in total. The fourth-order valence-electron chi connectivity index (χ4n) is 4.45. The van der Waals surface area contributed by atoms with Crippen molar-refractivity contribution < 1.29 is 36.6 Å². The molecule has 4 aromatic rings. The zero-order chi connectivity index (χ0) is 27.7. The molecule has 10 heteroatoms. The average Bonchev–Trinajstić information content (AvgIpc) is 3.04. The molecular weight excluding hydrogens is 537 g/mol. The number of pyridine rings is 1. The Hall–Kier alpha value is -3.92. The van der Waals surface area contributed by atoms with Crippen molar-refractivity contribution in [1.29, 1.82) is 0 Å². The summed E-state index contributed by atoms with van der Waals surface area (Å²) in [6.07, 6.45) is -1.30. The Kier molecular flexibility index (Phi) is 7.31. The first-order valence-corrected chi connectivity index (χ1v) is 12.9. The number of benzene rings is 3. The highest BCUT2D eigenvalue weighted by Gasteiger charge is 2.37. The summed E-state index contributed by atoms with van der Waals surface area (Å²) in [5.74, 6) is -2.36.